The molecule has 2 aromatic rings. The fraction of sp³-hybridized carbons (Fsp3) is 0.176. The van der Waals surface area contributed by atoms with Gasteiger partial charge in [-0.2, -0.15) is 0 Å². The van der Waals surface area contributed by atoms with Gasteiger partial charge in [0.25, 0.3) is 0 Å². The van der Waals surface area contributed by atoms with E-state index >= 15 is 0 Å². The van der Waals surface area contributed by atoms with Crippen LogP contribution in [0.1, 0.15) is 38.8 Å². The van der Waals surface area contributed by atoms with Crippen LogP contribution in [0.15, 0.2) is 40.9 Å². The van der Waals surface area contributed by atoms with Crippen LogP contribution in [0.3, 0.4) is 0 Å². The number of aryl methyl sites for hydroxylation is 1. The normalized spacial score (nSPS) is 10.4. The van der Waals surface area contributed by atoms with Crippen LogP contribution in [0.4, 0.5) is 4.39 Å². The van der Waals surface area contributed by atoms with Gasteiger partial charge in [-0.15, -0.1) is 0 Å². The molecule has 0 bridgehead atoms. The zero-order valence-corrected chi connectivity index (χ0v) is 13.7. The minimum absolute atomic E-state index is 0.222. The fourth-order valence-corrected chi connectivity index (χ4v) is 2.72. The predicted octanol–water partition coefficient (Wildman–Crippen LogP) is 4.17. The molecule has 0 spiro atoms. The van der Waals surface area contributed by atoms with E-state index in [0.717, 1.165) is 0 Å². The molecule has 0 atom stereocenters. The van der Waals surface area contributed by atoms with Crippen molar-refractivity contribution in [2.75, 3.05) is 7.11 Å². The SMILES string of the molecule is CCc1cc(F)ccc1C(=O)c1ccc(C(=O)OC)cc1Br. The van der Waals surface area contributed by atoms with Crippen molar-refractivity contribution >= 4 is 27.7 Å². The van der Waals surface area contributed by atoms with Crippen molar-refractivity contribution in [3.05, 3.63) is 68.9 Å². The minimum Gasteiger partial charge on any atom is -0.465 e. The highest BCUT2D eigenvalue weighted by Gasteiger charge is 2.18. The lowest BCUT2D eigenvalue weighted by Gasteiger charge is -2.09. The first-order valence-corrected chi connectivity index (χ1v) is 7.48. The molecule has 114 valence electrons. The highest BCUT2D eigenvalue weighted by atomic mass is 79.9. The molecule has 0 unspecified atom stereocenters. The van der Waals surface area contributed by atoms with Gasteiger partial charge in [0.2, 0.25) is 0 Å². The summed E-state index contributed by atoms with van der Waals surface area (Å²) in [5, 5.41) is 0. The first-order chi connectivity index (χ1) is 10.5. The van der Waals surface area contributed by atoms with E-state index in [-0.39, 0.29) is 11.6 Å². The summed E-state index contributed by atoms with van der Waals surface area (Å²) in [5.74, 6) is -1.07. The Morgan fingerprint density at radius 2 is 1.82 bits per heavy atom. The molecular weight excluding hydrogens is 351 g/mol. The third kappa shape index (κ3) is 3.25. The summed E-state index contributed by atoms with van der Waals surface area (Å²) >= 11 is 3.30. The van der Waals surface area contributed by atoms with Crippen molar-refractivity contribution in [3.8, 4) is 0 Å². The second kappa shape index (κ2) is 6.83. The molecule has 3 nitrogen and oxygen atoms in total. The van der Waals surface area contributed by atoms with Crippen molar-refractivity contribution in [1.82, 2.24) is 0 Å². The molecule has 0 radical (unpaired) electrons. The lowest BCUT2D eigenvalue weighted by molar-refractivity contribution is 0.0600. The quantitative estimate of drug-likeness (QED) is 0.604. The largest absolute Gasteiger partial charge is 0.465 e. The summed E-state index contributed by atoms with van der Waals surface area (Å²) in [6.07, 6.45) is 0.552. The summed E-state index contributed by atoms with van der Waals surface area (Å²) in [5.41, 5.74) is 1.86. The van der Waals surface area contributed by atoms with Crippen LogP contribution in [0.25, 0.3) is 0 Å². The average molecular weight is 365 g/mol. The van der Waals surface area contributed by atoms with Crippen LogP contribution in [0.5, 0.6) is 0 Å². The minimum atomic E-state index is -0.476. The number of carbonyl (C=O) groups excluding carboxylic acids is 2. The Labute approximate surface area is 136 Å². The zero-order chi connectivity index (χ0) is 16.3. The molecule has 0 aliphatic carbocycles. The van der Waals surface area contributed by atoms with Gasteiger partial charge in [-0.3, -0.25) is 4.79 Å². The van der Waals surface area contributed by atoms with E-state index in [1.165, 1.54) is 37.4 Å². The number of methoxy groups -OCH3 is 1. The van der Waals surface area contributed by atoms with Crippen molar-refractivity contribution in [2.24, 2.45) is 0 Å². The third-order valence-corrected chi connectivity index (χ3v) is 3.98. The van der Waals surface area contributed by atoms with Crippen molar-refractivity contribution in [1.29, 1.82) is 0 Å². The highest BCUT2D eigenvalue weighted by molar-refractivity contribution is 9.10. The molecule has 0 aromatic heterocycles. The third-order valence-electron chi connectivity index (χ3n) is 3.33. The topological polar surface area (TPSA) is 43.4 Å². The van der Waals surface area contributed by atoms with Crippen LogP contribution < -0.4 is 0 Å². The maximum atomic E-state index is 13.3. The van der Waals surface area contributed by atoms with Gasteiger partial charge in [-0.1, -0.05) is 22.9 Å². The number of ether oxygens (including phenoxy) is 1. The van der Waals surface area contributed by atoms with Gasteiger partial charge in [-0.05, 0) is 48.4 Å². The fourth-order valence-electron chi connectivity index (χ4n) is 2.17. The van der Waals surface area contributed by atoms with Gasteiger partial charge in [0.15, 0.2) is 5.78 Å². The lowest BCUT2D eigenvalue weighted by atomic mass is 9.96. The molecule has 2 aromatic carbocycles. The zero-order valence-electron chi connectivity index (χ0n) is 12.2. The van der Waals surface area contributed by atoms with Crippen LogP contribution in [0.2, 0.25) is 0 Å². The van der Waals surface area contributed by atoms with E-state index < -0.39 is 5.97 Å². The number of rotatable bonds is 4. The van der Waals surface area contributed by atoms with E-state index in [1.54, 1.807) is 6.07 Å². The summed E-state index contributed by atoms with van der Waals surface area (Å²) < 4.78 is 18.4. The summed E-state index contributed by atoms with van der Waals surface area (Å²) in [6, 6.07) is 8.73. The number of halogens is 2. The van der Waals surface area contributed by atoms with Gasteiger partial charge in [0, 0.05) is 15.6 Å². The molecule has 5 heteroatoms. The first-order valence-electron chi connectivity index (χ1n) is 6.69. The van der Waals surface area contributed by atoms with Gasteiger partial charge in [-0.25, -0.2) is 9.18 Å². The number of ketones is 1. The van der Waals surface area contributed by atoms with Gasteiger partial charge < -0.3 is 4.74 Å². The number of esters is 1. The van der Waals surface area contributed by atoms with E-state index in [4.69, 9.17) is 0 Å². The predicted molar refractivity (Wildman–Crippen MR) is 84.7 cm³/mol. The highest BCUT2D eigenvalue weighted by Crippen LogP contribution is 2.24. The molecule has 0 heterocycles. The molecule has 0 N–H and O–H groups in total. The molecule has 2 rings (SSSR count). The van der Waals surface area contributed by atoms with Crippen LogP contribution in [-0.2, 0) is 11.2 Å². The van der Waals surface area contributed by atoms with Crippen molar-refractivity contribution < 1.29 is 18.7 Å². The maximum Gasteiger partial charge on any atom is 0.337 e. The molecule has 0 saturated carbocycles. The van der Waals surface area contributed by atoms with E-state index in [0.29, 0.717) is 33.1 Å². The summed E-state index contributed by atoms with van der Waals surface area (Å²) in [7, 11) is 1.29. The van der Waals surface area contributed by atoms with Crippen LogP contribution in [-0.4, -0.2) is 18.9 Å². The average Bonchev–Trinajstić information content (AvgIpc) is 2.53. The molecular formula is C17H14BrFO3. The standard InChI is InChI=1S/C17H14BrFO3/c1-3-10-8-12(19)5-7-13(10)16(20)14-6-4-11(9-15(14)18)17(21)22-2/h4-9H,3H2,1-2H3. The van der Waals surface area contributed by atoms with Gasteiger partial charge in [0.1, 0.15) is 5.82 Å². The van der Waals surface area contributed by atoms with Gasteiger partial charge >= 0.3 is 5.97 Å². The Morgan fingerprint density at radius 1 is 1.14 bits per heavy atom. The maximum absolute atomic E-state index is 13.3. The molecule has 0 fully saturated rings. The smallest absolute Gasteiger partial charge is 0.337 e. The molecule has 0 aliphatic rings. The molecule has 0 amide bonds. The Hall–Kier alpha value is -2.01. The number of benzene rings is 2. The Morgan fingerprint density at radius 3 is 2.41 bits per heavy atom. The Balaban J connectivity index is 2.44. The van der Waals surface area contributed by atoms with Gasteiger partial charge in [0.05, 0.1) is 12.7 Å². The Kier molecular flexibility index (Phi) is 5.08. The number of hydrogen-bond donors (Lipinski definition) is 0. The van der Waals surface area contributed by atoms with Crippen molar-refractivity contribution in [3.63, 3.8) is 0 Å². The number of hydrogen-bond acceptors (Lipinski definition) is 3. The molecule has 22 heavy (non-hydrogen) atoms. The monoisotopic (exact) mass is 364 g/mol. The van der Waals surface area contributed by atoms with Crippen LogP contribution in [0, 0.1) is 5.82 Å². The molecule has 0 saturated heterocycles. The first kappa shape index (κ1) is 16.4. The lowest BCUT2D eigenvalue weighted by Crippen LogP contribution is -2.08. The number of carbonyl (C=O) groups is 2. The Bertz CT molecular complexity index is 741. The molecule has 0 aliphatic heterocycles. The summed E-state index contributed by atoms with van der Waals surface area (Å²) in [4.78, 5) is 24.1. The van der Waals surface area contributed by atoms with E-state index in [2.05, 4.69) is 20.7 Å². The van der Waals surface area contributed by atoms with E-state index in [1.807, 2.05) is 6.92 Å². The summed E-state index contributed by atoms with van der Waals surface area (Å²) in [6.45, 7) is 1.86. The van der Waals surface area contributed by atoms with Crippen LogP contribution >= 0.6 is 15.9 Å². The van der Waals surface area contributed by atoms with E-state index in [9.17, 15) is 14.0 Å². The second-order valence-corrected chi connectivity index (χ2v) is 5.52. The van der Waals surface area contributed by atoms with Crippen molar-refractivity contribution in [2.45, 2.75) is 13.3 Å². The second-order valence-electron chi connectivity index (χ2n) is 4.67.